The number of para-hydroxylation sites is 1. The predicted molar refractivity (Wildman–Crippen MR) is 74.4 cm³/mol. The minimum atomic E-state index is -0.350. The van der Waals surface area contributed by atoms with Gasteiger partial charge in [0.1, 0.15) is 5.82 Å². The molecule has 3 aromatic rings. The topological polar surface area (TPSA) is 71.8 Å². The number of fused-ring (bicyclic) bond motifs is 1. The van der Waals surface area contributed by atoms with Crippen LogP contribution in [0.4, 0.5) is 0 Å². The highest BCUT2D eigenvalue weighted by Gasteiger charge is 2.09. The fourth-order valence-corrected chi connectivity index (χ4v) is 2.15. The first kappa shape index (κ1) is 11.5. The molecule has 1 amide bonds. The molecule has 0 radical (unpaired) electrons. The van der Waals surface area contributed by atoms with Crippen molar-refractivity contribution in [1.82, 2.24) is 9.97 Å². The molecule has 19 heavy (non-hydrogen) atoms. The minimum absolute atomic E-state index is 0.205. The van der Waals surface area contributed by atoms with Crippen LogP contribution in [0, 0.1) is 0 Å². The van der Waals surface area contributed by atoms with E-state index in [1.54, 1.807) is 0 Å². The van der Waals surface area contributed by atoms with Crippen LogP contribution in [0.25, 0.3) is 22.4 Å². The molecule has 0 aliphatic heterocycles. The Labute approximate surface area is 110 Å². The Morgan fingerprint density at radius 2 is 1.89 bits per heavy atom. The lowest BCUT2D eigenvalue weighted by atomic mass is 10.1. The number of H-pyrrole nitrogens is 1. The van der Waals surface area contributed by atoms with Gasteiger partial charge in [-0.3, -0.25) is 4.79 Å². The van der Waals surface area contributed by atoms with Gasteiger partial charge in [-0.2, -0.15) is 0 Å². The van der Waals surface area contributed by atoms with E-state index >= 15 is 0 Å². The van der Waals surface area contributed by atoms with Crippen molar-refractivity contribution >= 4 is 16.9 Å². The number of nitrogens with one attached hydrogen (secondary N) is 1. The Kier molecular flexibility index (Phi) is 2.76. The Hall–Kier alpha value is -2.62. The zero-order valence-corrected chi connectivity index (χ0v) is 10.3. The zero-order valence-electron chi connectivity index (χ0n) is 10.3. The van der Waals surface area contributed by atoms with Gasteiger partial charge in [-0.25, -0.2) is 4.98 Å². The van der Waals surface area contributed by atoms with Gasteiger partial charge in [0.05, 0.1) is 17.5 Å². The van der Waals surface area contributed by atoms with Gasteiger partial charge in [-0.15, -0.1) is 0 Å². The van der Waals surface area contributed by atoms with Gasteiger partial charge in [0.25, 0.3) is 0 Å². The summed E-state index contributed by atoms with van der Waals surface area (Å²) in [7, 11) is 0. The third kappa shape index (κ3) is 2.20. The van der Waals surface area contributed by atoms with E-state index in [1.165, 1.54) is 0 Å². The maximum absolute atomic E-state index is 11.1. The summed E-state index contributed by atoms with van der Waals surface area (Å²) in [6.07, 6.45) is 0.205. The third-order valence-electron chi connectivity index (χ3n) is 3.01. The van der Waals surface area contributed by atoms with E-state index in [9.17, 15) is 4.79 Å². The first-order valence-electron chi connectivity index (χ1n) is 6.05. The summed E-state index contributed by atoms with van der Waals surface area (Å²) in [5.41, 5.74) is 8.84. The number of hydrogen-bond donors (Lipinski definition) is 2. The summed E-state index contributed by atoms with van der Waals surface area (Å²) in [5.74, 6) is 0.448. The highest BCUT2D eigenvalue weighted by atomic mass is 16.1. The summed E-state index contributed by atoms with van der Waals surface area (Å²) >= 11 is 0. The number of carbonyl (C=O) groups is 1. The molecule has 0 unspecified atom stereocenters. The van der Waals surface area contributed by atoms with Crippen molar-refractivity contribution in [3.8, 4) is 11.4 Å². The molecule has 1 aromatic heterocycles. The second kappa shape index (κ2) is 4.57. The second-order valence-electron chi connectivity index (χ2n) is 4.41. The van der Waals surface area contributed by atoms with E-state index in [1.807, 2.05) is 48.5 Å². The fourth-order valence-electron chi connectivity index (χ4n) is 2.15. The number of hydrogen-bond acceptors (Lipinski definition) is 2. The Morgan fingerprint density at radius 3 is 2.63 bits per heavy atom. The van der Waals surface area contributed by atoms with Gasteiger partial charge >= 0.3 is 0 Å². The van der Waals surface area contributed by atoms with Crippen LogP contribution in [0.2, 0.25) is 0 Å². The van der Waals surface area contributed by atoms with E-state index in [-0.39, 0.29) is 12.3 Å². The normalized spacial score (nSPS) is 10.7. The Balaban J connectivity index is 2.13. The molecule has 0 spiro atoms. The first-order valence-corrected chi connectivity index (χ1v) is 6.05. The van der Waals surface area contributed by atoms with Crippen LogP contribution in [0.15, 0.2) is 48.5 Å². The molecule has 0 aliphatic rings. The second-order valence-corrected chi connectivity index (χ2v) is 4.41. The van der Waals surface area contributed by atoms with E-state index in [0.717, 1.165) is 28.0 Å². The molecule has 0 aliphatic carbocycles. The SMILES string of the molecule is NC(=O)Cc1cccc2[nH]c(-c3ccccc3)nc12. The summed E-state index contributed by atoms with van der Waals surface area (Å²) in [6.45, 7) is 0. The number of aromatic nitrogens is 2. The van der Waals surface area contributed by atoms with Crippen LogP contribution >= 0.6 is 0 Å². The van der Waals surface area contributed by atoms with Crippen LogP contribution in [0.3, 0.4) is 0 Å². The summed E-state index contributed by atoms with van der Waals surface area (Å²) < 4.78 is 0. The van der Waals surface area contributed by atoms with E-state index in [2.05, 4.69) is 9.97 Å². The number of carbonyl (C=O) groups excluding carboxylic acids is 1. The van der Waals surface area contributed by atoms with Crippen molar-refractivity contribution in [3.63, 3.8) is 0 Å². The maximum Gasteiger partial charge on any atom is 0.221 e. The van der Waals surface area contributed by atoms with Crippen molar-refractivity contribution in [1.29, 1.82) is 0 Å². The monoisotopic (exact) mass is 251 g/mol. The van der Waals surface area contributed by atoms with Crippen molar-refractivity contribution in [2.75, 3.05) is 0 Å². The molecule has 0 bridgehead atoms. The number of primary amides is 1. The van der Waals surface area contributed by atoms with Gasteiger partial charge in [0.2, 0.25) is 5.91 Å². The number of imidazole rings is 1. The van der Waals surface area contributed by atoms with Crippen LogP contribution in [0.5, 0.6) is 0 Å². The Bertz CT molecular complexity index is 731. The molecule has 3 rings (SSSR count). The van der Waals surface area contributed by atoms with Crippen LogP contribution in [-0.4, -0.2) is 15.9 Å². The molecule has 4 nitrogen and oxygen atoms in total. The molecule has 4 heteroatoms. The van der Waals surface area contributed by atoms with Crippen LogP contribution in [-0.2, 0) is 11.2 Å². The quantitative estimate of drug-likeness (QED) is 0.749. The number of aromatic amines is 1. The van der Waals surface area contributed by atoms with E-state index in [4.69, 9.17) is 5.73 Å². The molecule has 0 atom stereocenters. The zero-order chi connectivity index (χ0) is 13.2. The number of rotatable bonds is 3. The van der Waals surface area contributed by atoms with Crippen molar-refractivity contribution in [2.24, 2.45) is 5.73 Å². The lowest BCUT2D eigenvalue weighted by Gasteiger charge is -1.97. The van der Waals surface area contributed by atoms with Gasteiger partial charge < -0.3 is 10.7 Å². The third-order valence-corrected chi connectivity index (χ3v) is 3.01. The van der Waals surface area contributed by atoms with Crippen LogP contribution < -0.4 is 5.73 Å². The molecular formula is C15H13N3O. The Morgan fingerprint density at radius 1 is 1.11 bits per heavy atom. The molecule has 1 heterocycles. The predicted octanol–water partition coefficient (Wildman–Crippen LogP) is 2.26. The van der Waals surface area contributed by atoms with Crippen LogP contribution in [0.1, 0.15) is 5.56 Å². The maximum atomic E-state index is 11.1. The number of nitrogens with zero attached hydrogens (tertiary/aromatic N) is 1. The van der Waals surface area contributed by atoms with E-state index in [0.29, 0.717) is 0 Å². The lowest BCUT2D eigenvalue weighted by molar-refractivity contribution is -0.117. The van der Waals surface area contributed by atoms with Gasteiger partial charge in [0, 0.05) is 5.56 Å². The number of benzene rings is 2. The summed E-state index contributed by atoms with van der Waals surface area (Å²) in [4.78, 5) is 18.9. The summed E-state index contributed by atoms with van der Waals surface area (Å²) in [6, 6.07) is 15.6. The smallest absolute Gasteiger partial charge is 0.221 e. The van der Waals surface area contributed by atoms with Crippen molar-refractivity contribution in [3.05, 3.63) is 54.1 Å². The molecule has 2 aromatic carbocycles. The standard InChI is InChI=1S/C15H13N3O/c16-13(19)9-11-7-4-8-12-14(11)18-15(17-12)10-5-2-1-3-6-10/h1-8H,9H2,(H2,16,19)(H,17,18). The first-order chi connectivity index (χ1) is 9.24. The number of amides is 1. The fraction of sp³-hybridized carbons (Fsp3) is 0.0667. The molecular weight excluding hydrogens is 238 g/mol. The largest absolute Gasteiger partial charge is 0.369 e. The van der Waals surface area contributed by atoms with Gasteiger partial charge in [-0.05, 0) is 11.6 Å². The minimum Gasteiger partial charge on any atom is -0.369 e. The van der Waals surface area contributed by atoms with Gasteiger partial charge in [-0.1, -0.05) is 42.5 Å². The molecule has 0 saturated heterocycles. The van der Waals surface area contributed by atoms with E-state index < -0.39 is 0 Å². The molecule has 0 saturated carbocycles. The lowest BCUT2D eigenvalue weighted by Crippen LogP contribution is -2.13. The highest BCUT2D eigenvalue weighted by molar-refractivity contribution is 5.87. The van der Waals surface area contributed by atoms with Crippen molar-refractivity contribution in [2.45, 2.75) is 6.42 Å². The highest BCUT2D eigenvalue weighted by Crippen LogP contribution is 2.22. The summed E-state index contributed by atoms with van der Waals surface area (Å²) in [5, 5.41) is 0. The van der Waals surface area contributed by atoms with Gasteiger partial charge in [0.15, 0.2) is 0 Å². The number of nitrogens with two attached hydrogens (primary N) is 1. The average molecular weight is 251 g/mol. The van der Waals surface area contributed by atoms with Crippen molar-refractivity contribution < 1.29 is 4.79 Å². The molecule has 0 fully saturated rings. The molecule has 94 valence electrons. The average Bonchev–Trinajstić information content (AvgIpc) is 2.84. The molecule has 3 N–H and O–H groups in total.